The molecule has 0 spiro atoms. The van der Waals surface area contributed by atoms with Crippen LogP contribution in [0.1, 0.15) is 26.3 Å². The zero-order chi connectivity index (χ0) is 24.6. The molecule has 1 atom stereocenters. The normalized spacial score (nSPS) is 12.0. The Labute approximate surface area is 200 Å². The topological polar surface area (TPSA) is 96.0 Å². The fourth-order valence-electron chi connectivity index (χ4n) is 3.23. The van der Waals surface area contributed by atoms with Crippen molar-refractivity contribution in [3.05, 3.63) is 59.1 Å². The second kappa shape index (κ2) is 11.9. The lowest BCUT2D eigenvalue weighted by atomic mass is 10.1. The van der Waals surface area contributed by atoms with Crippen molar-refractivity contribution >= 4 is 39.1 Å². The first-order valence-corrected chi connectivity index (χ1v) is 12.8. The molecule has 2 rings (SSSR count). The van der Waals surface area contributed by atoms with Crippen LogP contribution in [0, 0.1) is 0 Å². The molecule has 0 aromatic heterocycles. The molecule has 0 bridgehead atoms. The molecule has 33 heavy (non-hydrogen) atoms. The number of carbonyl (C=O) groups excluding carboxylic acids is 2. The van der Waals surface area contributed by atoms with E-state index in [2.05, 4.69) is 5.32 Å². The van der Waals surface area contributed by atoms with Crippen LogP contribution in [0.25, 0.3) is 0 Å². The summed E-state index contributed by atoms with van der Waals surface area (Å²) in [5, 5.41) is 3.26. The van der Waals surface area contributed by atoms with Gasteiger partial charge < -0.3 is 15.0 Å². The van der Waals surface area contributed by atoms with Crippen molar-refractivity contribution in [3.63, 3.8) is 0 Å². The largest absolute Gasteiger partial charge is 0.492 e. The van der Waals surface area contributed by atoms with Crippen LogP contribution in [0.2, 0.25) is 5.02 Å². The molecule has 2 amide bonds. The molecule has 2 aromatic carbocycles. The third-order valence-electron chi connectivity index (χ3n) is 4.90. The zero-order valence-electron chi connectivity index (χ0n) is 19.2. The molecule has 1 N–H and O–H groups in total. The Bertz CT molecular complexity index is 1060. The van der Waals surface area contributed by atoms with Crippen LogP contribution in [0.15, 0.2) is 48.5 Å². The van der Waals surface area contributed by atoms with Gasteiger partial charge in [0.05, 0.1) is 18.6 Å². The van der Waals surface area contributed by atoms with Gasteiger partial charge in [-0.1, -0.05) is 35.9 Å². The van der Waals surface area contributed by atoms with E-state index in [4.69, 9.17) is 16.3 Å². The Hall–Kier alpha value is -2.78. The van der Waals surface area contributed by atoms with Crippen molar-refractivity contribution in [2.75, 3.05) is 30.3 Å². The molecular formula is C23H30ClN3O5S. The van der Waals surface area contributed by atoms with Gasteiger partial charge in [-0.3, -0.25) is 13.9 Å². The summed E-state index contributed by atoms with van der Waals surface area (Å²) in [4.78, 5) is 27.3. The molecule has 0 aliphatic rings. The van der Waals surface area contributed by atoms with Gasteiger partial charge in [-0.2, -0.15) is 0 Å². The third-order valence-corrected chi connectivity index (χ3v) is 6.28. The Kier molecular flexibility index (Phi) is 9.55. The molecule has 0 fully saturated rings. The molecule has 0 saturated carbocycles. The third kappa shape index (κ3) is 7.36. The summed E-state index contributed by atoms with van der Waals surface area (Å²) in [6.45, 7) is 5.54. The van der Waals surface area contributed by atoms with E-state index >= 15 is 0 Å². The Morgan fingerprint density at radius 1 is 1.09 bits per heavy atom. The van der Waals surface area contributed by atoms with E-state index in [9.17, 15) is 18.0 Å². The predicted octanol–water partition coefficient (Wildman–Crippen LogP) is 3.06. The fraction of sp³-hybridized carbons (Fsp3) is 0.391. The number of carbonyl (C=O) groups is 2. The summed E-state index contributed by atoms with van der Waals surface area (Å²) >= 11 is 5.96. The van der Waals surface area contributed by atoms with Crippen LogP contribution in [0.4, 0.5) is 5.69 Å². The van der Waals surface area contributed by atoms with Gasteiger partial charge in [-0.25, -0.2) is 8.42 Å². The lowest BCUT2D eigenvalue weighted by Crippen LogP contribution is -2.51. The molecule has 0 aliphatic heterocycles. The number of amides is 2. The van der Waals surface area contributed by atoms with Crippen molar-refractivity contribution in [2.24, 2.45) is 0 Å². The zero-order valence-corrected chi connectivity index (χ0v) is 20.8. The highest BCUT2D eigenvalue weighted by molar-refractivity contribution is 7.92. The maximum Gasteiger partial charge on any atom is 0.244 e. The van der Waals surface area contributed by atoms with Crippen LogP contribution in [0.5, 0.6) is 5.75 Å². The smallest absolute Gasteiger partial charge is 0.244 e. The maximum absolute atomic E-state index is 13.4. The van der Waals surface area contributed by atoms with Gasteiger partial charge in [-0.15, -0.1) is 0 Å². The average molecular weight is 496 g/mol. The highest BCUT2D eigenvalue weighted by atomic mass is 35.5. The number of para-hydroxylation sites is 2. The summed E-state index contributed by atoms with van der Waals surface area (Å²) < 4.78 is 31.9. The number of ether oxygens (including phenoxy) is 1. The van der Waals surface area contributed by atoms with E-state index in [-0.39, 0.29) is 18.1 Å². The lowest BCUT2D eigenvalue weighted by Gasteiger charge is -2.31. The van der Waals surface area contributed by atoms with Gasteiger partial charge in [0.25, 0.3) is 0 Å². The van der Waals surface area contributed by atoms with E-state index in [0.717, 1.165) is 16.1 Å². The van der Waals surface area contributed by atoms with Crippen LogP contribution in [-0.4, -0.2) is 57.1 Å². The Balaban J connectivity index is 2.41. The molecule has 10 heteroatoms. The van der Waals surface area contributed by atoms with Crippen LogP contribution in [0.3, 0.4) is 0 Å². The SMILES string of the molecule is CCNC(=O)[C@H](C)N(Cc1ccc(Cl)cc1)C(=O)CN(c1ccccc1OCC)S(C)(=O)=O. The highest BCUT2D eigenvalue weighted by Crippen LogP contribution is 2.30. The first-order chi connectivity index (χ1) is 15.6. The molecule has 0 aliphatic carbocycles. The van der Waals surface area contributed by atoms with Crippen molar-refractivity contribution in [3.8, 4) is 5.75 Å². The predicted molar refractivity (Wildman–Crippen MR) is 130 cm³/mol. The standard InChI is InChI=1S/C23H30ClN3O5S/c1-5-25-23(29)17(3)26(15-18-11-13-19(24)14-12-18)22(28)16-27(33(4,30)31)20-9-7-8-10-21(20)32-6-2/h7-14,17H,5-6,15-16H2,1-4H3,(H,25,29)/t17-/m0/s1. The van der Waals surface area contributed by atoms with Crippen molar-refractivity contribution in [1.29, 1.82) is 0 Å². The van der Waals surface area contributed by atoms with Gasteiger partial charge in [0.1, 0.15) is 18.3 Å². The second-order valence-corrected chi connectivity index (χ2v) is 9.73. The van der Waals surface area contributed by atoms with Crippen LogP contribution >= 0.6 is 11.6 Å². The van der Waals surface area contributed by atoms with Gasteiger partial charge in [0.15, 0.2) is 0 Å². The first kappa shape index (κ1) is 26.5. The van der Waals surface area contributed by atoms with E-state index in [1.165, 1.54) is 4.90 Å². The average Bonchev–Trinajstić information content (AvgIpc) is 2.76. The number of hydrogen-bond donors (Lipinski definition) is 1. The monoisotopic (exact) mass is 495 g/mol. The summed E-state index contributed by atoms with van der Waals surface area (Å²) in [6, 6.07) is 12.7. The first-order valence-electron chi connectivity index (χ1n) is 10.6. The highest BCUT2D eigenvalue weighted by Gasteiger charge is 2.30. The van der Waals surface area contributed by atoms with Gasteiger partial charge in [0.2, 0.25) is 21.8 Å². The minimum atomic E-state index is -3.83. The summed E-state index contributed by atoms with van der Waals surface area (Å²) in [5.41, 5.74) is 1.01. The number of nitrogens with one attached hydrogen (secondary N) is 1. The van der Waals surface area contributed by atoms with Crippen molar-refractivity contribution in [1.82, 2.24) is 10.2 Å². The van der Waals surface area contributed by atoms with Crippen molar-refractivity contribution in [2.45, 2.75) is 33.4 Å². The van der Waals surface area contributed by atoms with Gasteiger partial charge in [-0.05, 0) is 50.6 Å². The van der Waals surface area contributed by atoms with Gasteiger partial charge >= 0.3 is 0 Å². The number of likely N-dealkylation sites (N-methyl/N-ethyl adjacent to an activating group) is 1. The van der Waals surface area contributed by atoms with E-state index in [1.807, 2.05) is 0 Å². The number of hydrogen-bond acceptors (Lipinski definition) is 5. The van der Waals surface area contributed by atoms with Gasteiger partial charge in [0, 0.05) is 18.1 Å². The van der Waals surface area contributed by atoms with E-state index in [1.54, 1.807) is 69.3 Å². The fourth-order valence-corrected chi connectivity index (χ4v) is 4.21. The lowest BCUT2D eigenvalue weighted by molar-refractivity contribution is -0.139. The number of rotatable bonds is 11. The van der Waals surface area contributed by atoms with E-state index in [0.29, 0.717) is 23.9 Å². The molecule has 0 heterocycles. The second-order valence-electron chi connectivity index (χ2n) is 7.39. The minimum Gasteiger partial charge on any atom is -0.492 e. The summed E-state index contributed by atoms with van der Waals surface area (Å²) in [6.07, 6.45) is 1.03. The van der Waals surface area contributed by atoms with Crippen LogP contribution in [-0.2, 0) is 26.2 Å². The van der Waals surface area contributed by atoms with Crippen LogP contribution < -0.4 is 14.4 Å². The van der Waals surface area contributed by atoms with Crippen molar-refractivity contribution < 1.29 is 22.7 Å². The molecule has 8 nitrogen and oxygen atoms in total. The molecule has 180 valence electrons. The molecular weight excluding hydrogens is 466 g/mol. The number of sulfonamides is 1. The summed E-state index contributed by atoms with van der Waals surface area (Å²) in [7, 11) is -3.83. The number of halogens is 1. The maximum atomic E-state index is 13.4. The van der Waals surface area contributed by atoms with E-state index < -0.39 is 28.5 Å². The number of benzene rings is 2. The molecule has 0 saturated heterocycles. The Morgan fingerprint density at radius 2 is 1.73 bits per heavy atom. The quantitative estimate of drug-likeness (QED) is 0.517. The molecule has 0 radical (unpaired) electrons. The number of nitrogens with zero attached hydrogens (tertiary/aromatic N) is 2. The summed E-state index contributed by atoms with van der Waals surface area (Å²) in [5.74, 6) is -0.514. The molecule has 0 unspecified atom stereocenters. The Morgan fingerprint density at radius 3 is 2.30 bits per heavy atom. The minimum absolute atomic E-state index is 0.110. The molecule has 2 aromatic rings. The number of anilines is 1.